The molecule has 1 atom stereocenters. The molecular formula is C18H19NO. The van der Waals surface area contributed by atoms with Gasteiger partial charge in [-0.25, -0.2) is 4.99 Å². The van der Waals surface area contributed by atoms with E-state index in [1.165, 1.54) is 0 Å². The van der Waals surface area contributed by atoms with E-state index in [-0.39, 0.29) is 6.04 Å². The fourth-order valence-electron chi connectivity index (χ4n) is 2.09. The third-order valence-corrected chi connectivity index (χ3v) is 3.03. The maximum Gasteiger partial charge on any atom is 0.222 e. The van der Waals surface area contributed by atoms with Crippen LogP contribution in [-0.2, 0) is 4.74 Å². The Morgan fingerprint density at radius 2 is 2.10 bits per heavy atom. The van der Waals surface area contributed by atoms with Gasteiger partial charge in [-0.1, -0.05) is 55.7 Å². The number of ether oxygens (including phenoxy) is 1. The number of benzene rings is 1. The van der Waals surface area contributed by atoms with Gasteiger partial charge in [-0.05, 0) is 24.6 Å². The lowest BCUT2D eigenvalue weighted by Crippen LogP contribution is -2.04. The van der Waals surface area contributed by atoms with E-state index >= 15 is 0 Å². The lowest BCUT2D eigenvalue weighted by molar-refractivity contribution is 0.418. The van der Waals surface area contributed by atoms with Crippen molar-refractivity contribution in [3.05, 3.63) is 84.7 Å². The minimum absolute atomic E-state index is 0.0346. The Labute approximate surface area is 120 Å². The van der Waals surface area contributed by atoms with Crippen LogP contribution in [0, 0.1) is 0 Å². The second-order valence-corrected chi connectivity index (χ2v) is 4.57. The van der Waals surface area contributed by atoms with Crippen LogP contribution in [0.3, 0.4) is 0 Å². The summed E-state index contributed by atoms with van der Waals surface area (Å²) in [6.07, 6.45) is 8.62. The first-order valence-electron chi connectivity index (χ1n) is 6.68. The molecule has 1 aromatic rings. The van der Waals surface area contributed by atoms with Gasteiger partial charge in [0, 0.05) is 12.0 Å². The summed E-state index contributed by atoms with van der Waals surface area (Å²) in [6, 6.07) is 9.86. The fourth-order valence-corrected chi connectivity index (χ4v) is 2.09. The molecule has 0 radical (unpaired) electrons. The maximum absolute atomic E-state index is 5.70. The molecule has 102 valence electrons. The Hall–Kier alpha value is -2.35. The highest BCUT2D eigenvalue weighted by Crippen LogP contribution is 2.25. The molecule has 1 unspecified atom stereocenters. The van der Waals surface area contributed by atoms with Gasteiger partial charge in [-0.2, -0.15) is 0 Å². The topological polar surface area (TPSA) is 21.6 Å². The average Bonchev–Trinajstić information content (AvgIpc) is 2.82. The molecule has 1 aliphatic heterocycles. The quantitative estimate of drug-likeness (QED) is 0.722. The van der Waals surface area contributed by atoms with Crippen LogP contribution in [0.2, 0.25) is 0 Å². The van der Waals surface area contributed by atoms with E-state index in [2.05, 4.69) is 24.2 Å². The predicted molar refractivity (Wildman–Crippen MR) is 84.7 cm³/mol. The van der Waals surface area contributed by atoms with Gasteiger partial charge in [0.1, 0.15) is 11.8 Å². The van der Waals surface area contributed by atoms with Gasteiger partial charge < -0.3 is 4.74 Å². The molecule has 0 spiro atoms. The van der Waals surface area contributed by atoms with E-state index < -0.39 is 0 Å². The number of allylic oxidation sites excluding steroid dienone is 4. The zero-order valence-electron chi connectivity index (χ0n) is 11.8. The number of nitrogens with zero attached hydrogens (tertiary/aromatic N) is 1. The normalized spacial score (nSPS) is 19.1. The van der Waals surface area contributed by atoms with Crippen molar-refractivity contribution in [2.24, 2.45) is 4.99 Å². The average molecular weight is 265 g/mol. The molecule has 2 heteroatoms. The van der Waals surface area contributed by atoms with Crippen LogP contribution in [0.1, 0.15) is 18.9 Å². The Balaban J connectivity index is 2.17. The lowest BCUT2D eigenvalue weighted by atomic mass is 10.0. The molecule has 0 aliphatic carbocycles. The SMILES string of the molecule is C=C/C=C(\C=C/C)CC1N=C(c2ccccc2)OC1=C. The van der Waals surface area contributed by atoms with Crippen molar-refractivity contribution in [2.75, 3.05) is 0 Å². The number of rotatable bonds is 5. The Morgan fingerprint density at radius 1 is 1.35 bits per heavy atom. The summed E-state index contributed by atoms with van der Waals surface area (Å²) >= 11 is 0. The third kappa shape index (κ3) is 3.35. The van der Waals surface area contributed by atoms with E-state index in [1.807, 2.05) is 49.4 Å². The molecule has 2 nitrogen and oxygen atoms in total. The van der Waals surface area contributed by atoms with Gasteiger partial charge in [0.15, 0.2) is 0 Å². The summed E-state index contributed by atoms with van der Waals surface area (Å²) in [6.45, 7) is 9.71. The van der Waals surface area contributed by atoms with E-state index in [9.17, 15) is 0 Å². The van der Waals surface area contributed by atoms with Gasteiger partial charge in [0.05, 0.1) is 0 Å². The number of aliphatic imine (C=N–C) groups is 1. The molecule has 20 heavy (non-hydrogen) atoms. The van der Waals surface area contributed by atoms with Gasteiger partial charge in [0.25, 0.3) is 0 Å². The standard InChI is InChI=1S/C18H19NO/c1-4-9-15(10-5-2)13-17-14(3)20-18(19-17)16-11-7-6-8-12-16/h4-12,17H,1,3,13H2,2H3/b10-5-,15-9+. The van der Waals surface area contributed by atoms with E-state index in [0.29, 0.717) is 11.7 Å². The van der Waals surface area contributed by atoms with Crippen LogP contribution >= 0.6 is 0 Å². The minimum Gasteiger partial charge on any atom is -0.441 e. The van der Waals surface area contributed by atoms with Crippen LogP contribution < -0.4 is 0 Å². The van der Waals surface area contributed by atoms with Crippen molar-refractivity contribution in [1.82, 2.24) is 0 Å². The van der Waals surface area contributed by atoms with Crippen molar-refractivity contribution in [1.29, 1.82) is 0 Å². The third-order valence-electron chi connectivity index (χ3n) is 3.03. The van der Waals surface area contributed by atoms with Crippen LogP contribution in [0.4, 0.5) is 0 Å². The van der Waals surface area contributed by atoms with Crippen molar-refractivity contribution in [3.8, 4) is 0 Å². The molecule has 0 aromatic heterocycles. The van der Waals surface area contributed by atoms with Gasteiger partial charge in [-0.15, -0.1) is 0 Å². The lowest BCUT2D eigenvalue weighted by Gasteiger charge is -2.07. The minimum atomic E-state index is -0.0346. The van der Waals surface area contributed by atoms with Crippen LogP contribution in [0.25, 0.3) is 0 Å². The smallest absolute Gasteiger partial charge is 0.222 e. The Bertz CT molecular complexity index is 579. The molecule has 1 aromatic carbocycles. The number of hydrogen-bond acceptors (Lipinski definition) is 2. The monoisotopic (exact) mass is 265 g/mol. The highest BCUT2D eigenvalue weighted by atomic mass is 16.5. The van der Waals surface area contributed by atoms with Gasteiger partial charge >= 0.3 is 0 Å². The molecule has 0 amide bonds. The Kier molecular flexibility index (Phi) is 4.72. The zero-order chi connectivity index (χ0) is 14.4. The molecule has 0 saturated heterocycles. The van der Waals surface area contributed by atoms with Crippen molar-refractivity contribution < 1.29 is 4.74 Å². The first kappa shape index (κ1) is 14.1. The molecular weight excluding hydrogens is 246 g/mol. The summed E-state index contributed by atoms with van der Waals surface area (Å²) in [5.41, 5.74) is 2.15. The zero-order valence-corrected chi connectivity index (χ0v) is 11.8. The highest BCUT2D eigenvalue weighted by Gasteiger charge is 2.24. The molecule has 0 bridgehead atoms. The molecule has 2 rings (SSSR count). The van der Waals surface area contributed by atoms with E-state index in [1.54, 1.807) is 6.08 Å². The van der Waals surface area contributed by atoms with Crippen molar-refractivity contribution in [2.45, 2.75) is 19.4 Å². The van der Waals surface area contributed by atoms with Crippen LogP contribution in [0.15, 0.2) is 84.1 Å². The molecule has 1 heterocycles. The largest absolute Gasteiger partial charge is 0.441 e. The highest BCUT2D eigenvalue weighted by molar-refractivity contribution is 5.96. The van der Waals surface area contributed by atoms with Gasteiger partial charge in [0.2, 0.25) is 5.90 Å². The van der Waals surface area contributed by atoms with Crippen LogP contribution in [0.5, 0.6) is 0 Å². The summed E-state index contributed by atoms with van der Waals surface area (Å²) in [4.78, 5) is 4.63. The summed E-state index contributed by atoms with van der Waals surface area (Å²) in [7, 11) is 0. The van der Waals surface area contributed by atoms with Crippen LogP contribution in [-0.4, -0.2) is 11.9 Å². The first-order chi connectivity index (χ1) is 9.74. The maximum atomic E-state index is 5.70. The van der Waals surface area contributed by atoms with Crippen molar-refractivity contribution in [3.63, 3.8) is 0 Å². The first-order valence-corrected chi connectivity index (χ1v) is 6.68. The molecule has 0 N–H and O–H groups in total. The predicted octanol–water partition coefficient (Wildman–Crippen LogP) is 4.42. The molecule has 0 fully saturated rings. The Morgan fingerprint density at radius 3 is 2.75 bits per heavy atom. The second-order valence-electron chi connectivity index (χ2n) is 4.57. The van der Waals surface area contributed by atoms with Crippen molar-refractivity contribution >= 4 is 5.90 Å². The van der Waals surface area contributed by atoms with E-state index in [4.69, 9.17) is 4.74 Å². The fraction of sp³-hybridized carbons (Fsp3) is 0.167. The van der Waals surface area contributed by atoms with E-state index in [0.717, 1.165) is 17.6 Å². The summed E-state index contributed by atoms with van der Waals surface area (Å²) < 4.78 is 5.70. The molecule has 1 aliphatic rings. The summed E-state index contributed by atoms with van der Waals surface area (Å²) in [5, 5.41) is 0. The summed E-state index contributed by atoms with van der Waals surface area (Å²) in [5.74, 6) is 1.35. The number of hydrogen-bond donors (Lipinski definition) is 0. The van der Waals surface area contributed by atoms with Gasteiger partial charge in [-0.3, -0.25) is 0 Å². The molecule has 0 saturated carbocycles. The second kappa shape index (κ2) is 6.71.